The SMILES string of the molecule is CCNC(c1ccc(Cl)cn1)c1ccccc1OCC. The number of pyridine rings is 1. The van der Waals surface area contributed by atoms with Crippen molar-refractivity contribution in [2.45, 2.75) is 19.9 Å². The maximum absolute atomic E-state index is 5.91. The lowest BCUT2D eigenvalue weighted by atomic mass is 10.0. The molecule has 20 heavy (non-hydrogen) atoms. The van der Waals surface area contributed by atoms with Gasteiger partial charge >= 0.3 is 0 Å². The van der Waals surface area contributed by atoms with Crippen LogP contribution in [0.25, 0.3) is 0 Å². The van der Waals surface area contributed by atoms with E-state index in [0.29, 0.717) is 11.6 Å². The second kappa shape index (κ2) is 7.27. The van der Waals surface area contributed by atoms with Crippen LogP contribution in [-0.2, 0) is 0 Å². The molecule has 0 aliphatic heterocycles. The second-order valence-corrected chi connectivity index (χ2v) is 4.80. The molecule has 4 heteroatoms. The van der Waals surface area contributed by atoms with Crippen molar-refractivity contribution in [1.29, 1.82) is 0 Å². The predicted octanol–water partition coefficient (Wildman–Crippen LogP) is 3.83. The minimum absolute atomic E-state index is 0.0000154. The molecule has 1 aromatic heterocycles. The summed E-state index contributed by atoms with van der Waals surface area (Å²) >= 11 is 5.91. The molecule has 1 N–H and O–H groups in total. The van der Waals surface area contributed by atoms with Gasteiger partial charge in [0.05, 0.1) is 23.4 Å². The van der Waals surface area contributed by atoms with Crippen LogP contribution < -0.4 is 10.1 Å². The Bertz CT molecular complexity index is 542. The summed E-state index contributed by atoms with van der Waals surface area (Å²) in [5.41, 5.74) is 2.02. The van der Waals surface area contributed by atoms with Gasteiger partial charge in [-0.2, -0.15) is 0 Å². The summed E-state index contributed by atoms with van der Waals surface area (Å²) in [6.45, 7) is 5.55. The topological polar surface area (TPSA) is 34.2 Å². The smallest absolute Gasteiger partial charge is 0.124 e. The molecule has 0 aliphatic rings. The molecule has 0 spiro atoms. The van der Waals surface area contributed by atoms with Gasteiger partial charge in [-0.25, -0.2) is 0 Å². The Morgan fingerprint density at radius 3 is 2.65 bits per heavy atom. The van der Waals surface area contributed by atoms with E-state index in [1.807, 2.05) is 37.3 Å². The fraction of sp³-hybridized carbons (Fsp3) is 0.312. The molecular formula is C16H19ClN2O. The fourth-order valence-corrected chi connectivity index (χ4v) is 2.25. The van der Waals surface area contributed by atoms with Crippen LogP contribution in [0.1, 0.15) is 31.1 Å². The summed E-state index contributed by atoms with van der Waals surface area (Å²) in [6, 6.07) is 11.8. The number of hydrogen-bond donors (Lipinski definition) is 1. The molecule has 1 heterocycles. The second-order valence-electron chi connectivity index (χ2n) is 4.36. The van der Waals surface area contributed by atoms with Crippen molar-refractivity contribution in [2.75, 3.05) is 13.2 Å². The van der Waals surface area contributed by atoms with Gasteiger partial charge in [0, 0.05) is 11.8 Å². The van der Waals surface area contributed by atoms with Gasteiger partial charge in [-0.05, 0) is 31.7 Å². The number of nitrogens with zero attached hydrogens (tertiary/aromatic N) is 1. The third-order valence-electron chi connectivity index (χ3n) is 2.98. The normalized spacial score (nSPS) is 12.2. The van der Waals surface area contributed by atoms with E-state index in [4.69, 9.17) is 16.3 Å². The highest BCUT2D eigenvalue weighted by atomic mass is 35.5. The summed E-state index contributed by atoms with van der Waals surface area (Å²) in [6.07, 6.45) is 1.67. The first-order chi connectivity index (χ1) is 9.76. The van der Waals surface area contributed by atoms with Crippen molar-refractivity contribution in [2.24, 2.45) is 0 Å². The number of aromatic nitrogens is 1. The van der Waals surface area contributed by atoms with Gasteiger partial charge in [-0.3, -0.25) is 4.98 Å². The van der Waals surface area contributed by atoms with E-state index >= 15 is 0 Å². The minimum Gasteiger partial charge on any atom is -0.494 e. The molecular weight excluding hydrogens is 272 g/mol. The predicted molar refractivity (Wildman–Crippen MR) is 82.4 cm³/mol. The van der Waals surface area contributed by atoms with Crippen LogP contribution in [0.15, 0.2) is 42.6 Å². The highest BCUT2D eigenvalue weighted by Gasteiger charge is 2.18. The van der Waals surface area contributed by atoms with Gasteiger partial charge in [-0.1, -0.05) is 36.7 Å². The quantitative estimate of drug-likeness (QED) is 0.878. The monoisotopic (exact) mass is 290 g/mol. The van der Waals surface area contributed by atoms with E-state index in [-0.39, 0.29) is 6.04 Å². The maximum atomic E-state index is 5.91. The number of rotatable bonds is 6. The van der Waals surface area contributed by atoms with E-state index in [1.165, 1.54) is 0 Å². The molecule has 0 fully saturated rings. The van der Waals surface area contributed by atoms with Crippen molar-refractivity contribution in [3.05, 3.63) is 58.9 Å². The van der Waals surface area contributed by atoms with Crippen LogP contribution >= 0.6 is 11.6 Å². The van der Waals surface area contributed by atoms with Crippen LogP contribution in [-0.4, -0.2) is 18.1 Å². The molecule has 0 saturated carbocycles. The molecule has 0 radical (unpaired) electrons. The summed E-state index contributed by atoms with van der Waals surface area (Å²) in [5.74, 6) is 0.887. The zero-order chi connectivity index (χ0) is 14.4. The maximum Gasteiger partial charge on any atom is 0.124 e. The Kier molecular flexibility index (Phi) is 5.39. The lowest BCUT2D eigenvalue weighted by Crippen LogP contribution is -2.23. The summed E-state index contributed by atoms with van der Waals surface area (Å²) < 4.78 is 5.72. The van der Waals surface area contributed by atoms with Crippen molar-refractivity contribution in [3.63, 3.8) is 0 Å². The third kappa shape index (κ3) is 3.50. The highest BCUT2D eigenvalue weighted by Crippen LogP contribution is 2.29. The summed E-state index contributed by atoms with van der Waals surface area (Å²) in [4.78, 5) is 4.42. The molecule has 0 amide bonds. The zero-order valence-electron chi connectivity index (χ0n) is 11.8. The van der Waals surface area contributed by atoms with E-state index < -0.39 is 0 Å². The summed E-state index contributed by atoms with van der Waals surface area (Å²) in [7, 11) is 0. The summed E-state index contributed by atoms with van der Waals surface area (Å²) in [5, 5.41) is 4.09. The number of para-hydroxylation sites is 1. The molecule has 2 aromatic rings. The van der Waals surface area contributed by atoms with Crippen molar-refractivity contribution in [3.8, 4) is 5.75 Å². The molecule has 1 aromatic carbocycles. The molecule has 2 rings (SSSR count). The molecule has 1 unspecified atom stereocenters. The van der Waals surface area contributed by atoms with Crippen LogP contribution in [0, 0.1) is 0 Å². The standard InChI is InChI=1S/C16H19ClN2O/c1-3-18-16(14-10-9-12(17)11-19-14)13-7-5-6-8-15(13)20-4-2/h5-11,16,18H,3-4H2,1-2H3. The first-order valence-corrected chi connectivity index (χ1v) is 7.20. The number of ether oxygens (including phenoxy) is 1. The molecule has 3 nitrogen and oxygen atoms in total. The van der Waals surface area contributed by atoms with Crippen molar-refractivity contribution < 1.29 is 4.74 Å². The van der Waals surface area contributed by atoms with E-state index in [2.05, 4.69) is 23.3 Å². The Hall–Kier alpha value is -1.58. The Morgan fingerprint density at radius 2 is 2.00 bits per heavy atom. The van der Waals surface area contributed by atoms with Gasteiger partial charge in [0.2, 0.25) is 0 Å². The van der Waals surface area contributed by atoms with Crippen LogP contribution in [0.4, 0.5) is 0 Å². The minimum atomic E-state index is 0.0000154. The van der Waals surface area contributed by atoms with Gasteiger partial charge in [0.1, 0.15) is 5.75 Å². The van der Waals surface area contributed by atoms with Crippen LogP contribution in [0.5, 0.6) is 5.75 Å². The molecule has 106 valence electrons. The van der Waals surface area contributed by atoms with Gasteiger partial charge < -0.3 is 10.1 Å². The Labute approximate surface area is 124 Å². The lowest BCUT2D eigenvalue weighted by Gasteiger charge is -2.20. The zero-order valence-corrected chi connectivity index (χ0v) is 12.5. The van der Waals surface area contributed by atoms with Crippen molar-refractivity contribution in [1.82, 2.24) is 10.3 Å². The van der Waals surface area contributed by atoms with Gasteiger partial charge in [-0.15, -0.1) is 0 Å². The van der Waals surface area contributed by atoms with Crippen LogP contribution in [0.2, 0.25) is 5.02 Å². The number of benzene rings is 1. The molecule has 0 bridgehead atoms. The number of halogens is 1. The Morgan fingerprint density at radius 1 is 1.20 bits per heavy atom. The van der Waals surface area contributed by atoms with Gasteiger partial charge in [0.15, 0.2) is 0 Å². The third-order valence-corrected chi connectivity index (χ3v) is 3.21. The van der Waals surface area contributed by atoms with Gasteiger partial charge in [0.25, 0.3) is 0 Å². The molecule has 1 atom stereocenters. The largest absolute Gasteiger partial charge is 0.494 e. The Balaban J connectivity index is 2.40. The number of nitrogens with one attached hydrogen (secondary N) is 1. The average Bonchev–Trinajstić information content (AvgIpc) is 2.47. The van der Waals surface area contributed by atoms with Crippen LogP contribution in [0.3, 0.4) is 0 Å². The number of hydrogen-bond acceptors (Lipinski definition) is 3. The molecule has 0 saturated heterocycles. The lowest BCUT2D eigenvalue weighted by molar-refractivity contribution is 0.333. The first-order valence-electron chi connectivity index (χ1n) is 6.82. The average molecular weight is 291 g/mol. The van der Waals surface area contributed by atoms with Crippen molar-refractivity contribution >= 4 is 11.6 Å². The molecule has 0 aliphatic carbocycles. The van der Waals surface area contributed by atoms with E-state index in [9.17, 15) is 0 Å². The fourth-order valence-electron chi connectivity index (χ4n) is 2.14. The van der Waals surface area contributed by atoms with E-state index in [0.717, 1.165) is 23.6 Å². The highest BCUT2D eigenvalue weighted by molar-refractivity contribution is 6.30. The van der Waals surface area contributed by atoms with E-state index in [1.54, 1.807) is 6.20 Å². The first kappa shape index (κ1) is 14.8.